The minimum atomic E-state index is -4.00. The zero-order valence-electron chi connectivity index (χ0n) is 26.3. The van der Waals surface area contributed by atoms with Crippen molar-refractivity contribution in [2.45, 2.75) is 11.4 Å². The Bertz CT molecular complexity index is 2060. The van der Waals surface area contributed by atoms with E-state index in [-0.39, 0.29) is 21.3 Å². The van der Waals surface area contributed by atoms with Gasteiger partial charge in [-0.15, -0.1) is 0 Å². The van der Waals surface area contributed by atoms with E-state index < -0.39 is 16.1 Å². The summed E-state index contributed by atoms with van der Waals surface area (Å²) in [6, 6.07) is 30.4. The number of hydrogen-bond donors (Lipinski definition) is 3. The first-order chi connectivity index (χ1) is 23.8. The summed E-state index contributed by atoms with van der Waals surface area (Å²) in [6.45, 7) is 5.30. The number of anilines is 1. The molecule has 1 saturated heterocycles. The van der Waals surface area contributed by atoms with Gasteiger partial charge in [0.1, 0.15) is 23.9 Å². The summed E-state index contributed by atoms with van der Waals surface area (Å²) in [5.74, 6) is 0.734. The van der Waals surface area contributed by atoms with E-state index in [0.717, 1.165) is 72.1 Å². The lowest BCUT2D eigenvalue weighted by Crippen LogP contribution is -2.47. The highest BCUT2D eigenvalue weighted by molar-refractivity contribution is 7.93. The Morgan fingerprint density at radius 2 is 1.65 bits per heavy atom. The highest BCUT2D eigenvalue weighted by Gasteiger charge is 2.21. The third kappa shape index (κ3) is 8.59. The maximum absolute atomic E-state index is 13.0. The SMILES string of the molecule is N#Cc1cc(S(=O)(=O)Nc2ncns2)ccc1Oc1ccc(-c2ccccc2)cc1-c1cccc(CN2CCN(CCNC(=O)O)CC2)c1. The molecule has 0 unspecified atom stereocenters. The average molecular weight is 696 g/mol. The van der Waals surface area contributed by atoms with E-state index in [0.29, 0.717) is 18.8 Å². The third-order valence-electron chi connectivity index (χ3n) is 8.08. The second-order valence-electron chi connectivity index (χ2n) is 11.4. The van der Waals surface area contributed by atoms with E-state index in [4.69, 9.17) is 9.84 Å². The van der Waals surface area contributed by atoms with E-state index in [1.165, 1.54) is 24.5 Å². The number of rotatable bonds is 12. The first kappa shape index (κ1) is 33.6. The molecule has 6 rings (SSSR count). The molecule has 3 N–H and O–H groups in total. The van der Waals surface area contributed by atoms with Crippen LogP contribution >= 0.6 is 11.5 Å². The molecule has 49 heavy (non-hydrogen) atoms. The number of nitriles is 1. The minimum Gasteiger partial charge on any atom is -0.465 e. The van der Waals surface area contributed by atoms with Crippen molar-refractivity contribution in [3.8, 4) is 39.8 Å². The fourth-order valence-electron chi connectivity index (χ4n) is 5.61. The monoisotopic (exact) mass is 695 g/mol. The van der Waals surface area contributed by atoms with E-state index in [1.807, 2.05) is 54.6 Å². The van der Waals surface area contributed by atoms with Crippen LogP contribution in [-0.2, 0) is 16.6 Å². The number of sulfonamides is 1. The van der Waals surface area contributed by atoms with Crippen molar-refractivity contribution in [1.82, 2.24) is 24.5 Å². The molecular formula is C35H33N7O5S2. The van der Waals surface area contributed by atoms with Crippen LogP contribution in [0, 0.1) is 11.3 Å². The number of nitrogens with zero attached hydrogens (tertiary/aromatic N) is 5. The van der Waals surface area contributed by atoms with Gasteiger partial charge in [0.25, 0.3) is 10.0 Å². The molecule has 1 fully saturated rings. The Labute approximate surface area is 288 Å². The van der Waals surface area contributed by atoms with Crippen LogP contribution in [0.4, 0.5) is 9.93 Å². The number of nitrogens with one attached hydrogen (secondary N) is 2. The quantitative estimate of drug-likeness (QED) is 0.147. The average Bonchev–Trinajstić information content (AvgIpc) is 3.62. The van der Waals surface area contributed by atoms with Crippen LogP contribution in [0.2, 0.25) is 0 Å². The number of benzene rings is 4. The molecule has 2 heterocycles. The molecular weight excluding hydrogens is 663 g/mol. The van der Waals surface area contributed by atoms with Crippen molar-refractivity contribution in [2.75, 3.05) is 44.0 Å². The number of carbonyl (C=O) groups is 1. The van der Waals surface area contributed by atoms with Crippen molar-refractivity contribution < 1.29 is 23.1 Å². The highest BCUT2D eigenvalue weighted by Crippen LogP contribution is 2.38. The van der Waals surface area contributed by atoms with Crippen molar-refractivity contribution in [2.24, 2.45) is 0 Å². The van der Waals surface area contributed by atoms with Crippen LogP contribution in [0.25, 0.3) is 22.3 Å². The second kappa shape index (κ2) is 15.3. The smallest absolute Gasteiger partial charge is 0.404 e. The molecule has 1 aromatic heterocycles. The number of carboxylic acid groups (broad SMARTS) is 1. The van der Waals surface area contributed by atoms with Crippen LogP contribution < -0.4 is 14.8 Å². The number of piperazine rings is 1. The van der Waals surface area contributed by atoms with E-state index in [9.17, 15) is 18.5 Å². The molecule has 1 aliphatic rings. The lowest BCUT2D eigenvalue weighted by atomic mass is 9.97. The highest BCUT2D eigenvalue weighted by atomic mass is 32.2. The largest absolute Gasteiger partial charge is 0.465 e. The van der Waals surface area contributed by atoms with Crippen LogP contribution in [0.3, 0.4) is 0 Å². The van der Waals surface area contributed by atoms with Gasteiger partial charge in [-0.3, -0.25) is 14.5 Å². The number of amides is 1. The summed E-state index contributed by atoms with van der Waals surface area (Å²) in [6.07, 6.45) is 0.249. The van der Waals surface area contributed by atoms with Gasteiger partial charge in [0.15, 0.2) is 0 Å². The van der Waals surface area contributed by atoms with Gasteiger partial charge in [-0.25, -0.2) is 18.2 Å². The summed E-state index contributed by atoms with van der Waals surface area (Å²) in [5.41, 5.74) is 4.97. The standard InChI is InChI=1S/C35H33N7O5S2/c36-22-29-20-30(49(45,46)40-34-38-24-39-48-34)10-12-32(29)47-33-11-9-27(26-6-2-1-3-7-26)21-31(33)28-8-4-5-25(19-28)23-42-17-15-41(16-18-42)14-13-37-35(43)44/h1-12,19-21,24,37H,13-18,23H2,(H,43,44)(H,38,39,40). The van der Waals surface area contributed by atoms with Gasteiger partial charge in [-0.2, -0.15) is 9.64 Å². The summed E-state index contributed by atoms with van der Waals surface area (Å²) in [4.78, 5) is 19.2. The predicted molar refractivity (Wildman–Crippen MR) is 187 cm³/mol. The number of hydrogen-bond acceptors (Lipinski definition) is 10. The molecule has 12 nitrogen and oxygen atoms in total. The summed E-state index contributed by atoms with van der Waals surface area (Å²) in [7, 11) is -4.00. The number of ether oxygens (including phenoxy) is 1. The Hall–Kier alpha value is -5.33. The molecule has 250 valence electrons. The third-order valence-corrected chi connectivity index (χ3v) is 10.1. The molecule has 0 atom stereocenters. The van der Waals surface area contributed by atoms with Gasteiger partial charge >= 0.3 is 6.09 Å². The summed E-state index contributed by atoms with van der Waals surface area (Å²) in [5, 5.41) is 21.4. The summed E-state index contributed by atoms with van der Waals surface area (Å²) < 4.78 is 38.5. The molecule has 0 spiro atoms. The fraction of sp³-hybridized carbons (Fsp3) is 0.200. The molecule has 1 amide bonds. The zero-order valence-corrected chi connectivity index (χ0v) is 28.0. The number of aromatic nitrogens is 2. The summed E-state index contributed by atoms with van der Waals surface area (Å²) >= 11 is 0.908. The van der Waals surface area contributed by atoms with Crippen LogP contribution in [0.15, 0.2) is 102 Å². The molecule has 0 radical (unpaired) electrons. The lowest BCUT2D eigenvalue weighted by molar-refractivity contribution is 0.127. The van der Waals surface area contributed by atoms with Crippen LogP contribution in [0.5, 0.6) is 11.5 Å². The van der Waals surface area contributed by atoms with E-state index >= 15 is 0 Å². The molecule has 1 aliphatic heterocycles. The minimum absolute atomic E-state index is 0.0601. The lowest BCUT2D eigenvalue weighted by Gasteiger charge is -2.34. The zero-order chi connectivity index (χ0) is 34.2. The van der Waals surface area contributed by atoms with Crippen molar-refractivity contribution >= 4 is 32.8 Å². The normalized spacial score (nSPS) is 13.8. The van der Waals surface area contributed by atoms with Gasteiger partial charge in [-0.05, 0) is 58.7 Å². The van der Waals surface area contributed by atoms with Crippen molar-refractivity contribution in [3.05, 3.63) is 108 Å². The Kier molecular flexibility index (Phi) is 10.5. The molecule has 0 bridgehead atoms. The predicted octanol–water partition coefficient (Wildman–Crippen LogP) is 5.72. The van der Waals surface area contributed by atoms with Gasteiger partial charge in [0, 0.05) is 62.9 Å². The maximum atomic E-state index is 13.0. The first-order valence-electron chi connectivity index (χ1n) is 15.5. The Balaban J connectivity index is 1.25. The van der Waals surface area contributed by atoms with Crippen LogP contribution in [0.1, 0.15) is 11.1 Å². The van der Waals surface area contributed by atoms with Gasteiger partial charge in [0.05, 0.1) is 10.5 Å². The van der Waals surface area contributed by atoms with Gasteiger partial charge < -0.3 is 15.2 Å². The van der Waals surface area contributed by atoms with Crippen molar-refractivity contribution in [1.29, 1.82) is 5.26 Å². The van der Waals surface area contributed by atoms with Gasteiger partial charge in [0.2, 0.25) is 5.13 Å². The maximum Gasteiger partial charge on any atom is 0.404 e. The topological polar surface area (TPSA) is 161 Å². The van der Waals surface area contributed by atoms with E-state index in [2.05, 4.69) is 53.5 Å². The molecule has 4 aromatic carbocycles. The molecule has 14 heteroatoms. The molecule has 5 aromatic rings. The van der Waals surface area contributed by atoms with E-state index in [1.54, 1.807) is 0 Å². The molecule has 0 saturated carbocycles. The Morgan fingerprint density at radius 3 is 2.39 bits per heavy atom. The van der Waals surface area contributed by atoms with Crippen LogP contribution in [-0.4, -0.2) is 78.0 Å². The van der Waals surface area contributed by atoms with Gasteiger partial charge in [-0.1, -0.05) is 54.6 Å². The second-order valence-corrected chi connectivity index (χ2v) is 13.8. The fourth-order valence-corrected chi connectivity index (χ4v) is 7.29. The Morgan fingerprint density at radius 1 is 0.898 bits per heavy atom. The van der Waals surface area contributed by atoms with Crippen molar-refractivity contribution in [3.63, 3.8) is 0 Å². The molecule has 0 aliphatic carbocycles. The first-order valence-corrected chi connectivity index (χ1v) is 17.7.